The molecule has 1 rings (SSSR count). The zero-order valence-electron chi connectivity index (χ0n) is 13.7. The second-order valence-electron chi connectivity index (χ2n) is 5.64. The first kappa shape index (κ1) is 16.9. The van der Waals surface area contributed by atoms with Crippen molar-refractivity contribution in [2.75, 3.05) is 11.4 Å². The molecule has 0 saturated heterocycles. The summed E-state index contributed by atoms with van der Waals surface area (Å²) in [5, 5.41) is 0. The van der Waals surface area contributed by atoms with Crippen LogP contribution >= 0.6 is 0 Å². The van der Waals surface area contributed by atoms with Gasteiger partial charge >= 0.3 is 0 Å². The van der Waals surface area contributed by atoms with Crippen LogP contribution in [0.2, 0.25) is 0 Å². The van der Waals surface area contributed by atoms with E-state index in [1.807, 2.05) is 12.4 Å². The summed E-state index contributed by atoms with van der Waals surface area (Å²) in [5.74, 6) is 0.902. The molecule has 1 heterocycles. The highest BCUT2D eigenvalue weighted by molar-refractivity contribution is 5.31. The van der Waals surface area contributed by atoms with E-state index in [4.69, 9.17) is 0 Å². The third kappa shape index (κ3) is 5.48. The number of anilines is 1. The molecule has 20 heavy (non-hydrogen) atoms. The van der Waals surface area contributed by atoms with Crippen LogP contribution in [0, 0.1) is 0 Å². The highest BCUT2D eigenvalue weighted by Crippen LogP contribution is 2.17. The molecule has 0 aliphatic rings. The highest BCUT2D eigenvalue weighted by Gasteiger charge is 2.16. The molecule has 1 aromatic heterocycles. The van der Waals surface area contributed by atoms with E-state index >= 15 is 0 Å². The summed E-state index contributed by atoms with van der Waals surface area (Å²) >= 11 is 0. The van der Waals surface area contributed by atoms with Gasteiger partial charge in [-0.25, -0.2) is 9.97 Å². The molecule has 0 saturated carbocycles. The van der Waals surface area contributed by atoms with Gasteiger partial charge in [-0.1, -0.05) is 46.5 Å². The smallest absolute Gasteiger partial charge is 0.225 e. The lowest BCUT2D eigenvalue weighted by atomic mass is 10.1. The molecular formula is C17H31N3. The Labute approximate surface area is 124 Å². The van der Waals surface area contributed by atoms with Crippen LogP contribution in [0.15, 0.2) is 12.4 Å². The highest BCUT2D eigenvalue weighted by atomic mass is 15.3. The predicted molar refractivity (Wildman–Crippen MR) is 87.3 cm³/mol. The van der Waals surface area contributed by atoms with Crippen molar-refractivity contribution in [2.45, 2.75) is 78.7 Å². The zero-order valence-corrected chi connectivity index (χ0v) is 13.7. The van der Waals surface area contributed by atoms with E-state index in [2.05, 4.69) is 42.6 Å². The summed E-state index contributed by atoms with van der Waals surface area (Å²) in [5.41, 5.74) is 1.21. The average Bonchev–Trinajstić information content (AvgIpc) is 2.48. The number of hydrogen-bond acceptors (Lipinski definition) is 3. The van der Waals surface area contributed by atoms with E-state index in [0.717, 1.165) is 18.9 Å². The van der Waals surface area contributed by atoms with Crippen LogP contribution in [0.3, 0.4) is 0 Å². The second-order valence-corrected chi connectivity index (χ2v) is 5.64. The maximum atomic E-state index is 4.57. The normalized spacial score (nSPS) is 12.4. The Balaban J connectivity index is 2.70. The Morgan fingerprint density at radius 2 is 1.65 bits per heavy atom. The van der Waals surface area contributed by atoms with Gasteiger partial charge in [-0.2, -0.15) is 0 Å². The molecule has 0 amide bonds. The standard InChI is InChI=1S/C17H31N3/c1-5-8-10-11-15(4)20(12-9-6-2)17-18-13-16(7-3)14-19-17/h13-15H,5-12H2,1-4H3. The maximum absolute atomic E-state index is 4.57. The summed E-state index contributed by atoms with van der Waals surface area (Å²) < 4.78 is 0. The monoisotopic (exact) mass is 277 g/mol. The first-order valence-electron chi connectivity index (χ1n) is 8.30. The van der Waals surface area contributed by atoms with E-state index in [-0.39, 0.29) is 0 Å². The van der Waals surface area contributed by atoms with Crippen LogP contribution in [0.25, 0.3) is 0 Å². The van der Waals surface area contributed by atoms with Crippen molar-refractivity contribution in [3.63, 3.8) is 0 Å². The summed E-state index contributed by atoms with van der Waals surface area (Å²) in [7, 11) is 0. The molecule has 1 unspecified atom stereocenters. The fraction of sp³-hybridized carbons (Fsp3) is 0.765. The van der Waals surface area contributed by atoms with Gasteiger partial charge < -0.3 is 4.90 Å². The van der Waals surface area contributed by atoms with Crippen LogP contribution in [0.1, 0.15) is 71.8 Å². The molecule has 0 aliphatic heterocycles. The molecule has 0 spiro atoms. The van der Waals surface area contributed by atoms with Gasteiger partial charge in [0.2, 0.25) is 5.95 Å². The Morgan fingerprint density at radius 1 is 1.00 bits per heavy atom. The van der Waals surface area contributed by atoms with Gasteiger partial charge in [0, 0.05) is 25.0 Å². The molecule has 0 aromatic carbocycles. The molecular weight excluding hydrogens is 246 g/mol. The van der Waals surface area contributed by atoms with Crippen molar-refractivity contribution in [1.29, 1.82) is 0 Å². The van der Waals surface area contributed by atoms with E-state index in [0.29, 0.717) is 6.04 Å². The van der Waals surface area contributed by atoms with Crippen molar-refractivity contribution in [2.24, 2.45) is 0 Å². The van der Waals surface area contributed by atoms with E-state index in [1.54, 1.807) is 0 Å². The molecule has 0 N–H and O–H groups in total. The predicted octanol–water partition coefficient (Wildman–Crippen LogP) is 4.61. The van der Waals surface area contributed by atoms with Crippen molar-refractivity contribution >= 4 is 5.95 Å². The number of aromatic nitrogens is 2. The number of hydrogen-bond donors (Lipinski definition) is 0. The number of unbranched alkanes of at least 4 members (excludes halogenated alkanes) is 3. The van der Waals surface area contributed by atoms with Crippen molar-refractivity contribution in [1.82, 2.24) is 9.97 Å². The van der Waals surface area contributed by atoms with Gasteiger partial charge in [-0.05, 0) is 31.7 Å². The largest absolute Gasteiger partial charge is 0.338 e. The van der Waals surface area contributed by atoms with Crippen LogP contribution < -0.4 is 4.90 Å². The Bertz CT molecular complexity index is 348. The molecule has 0 aliphatic carbocycles. The van der Waals surface area contributed by atoms with Gasteiger partial charge in [0.05, 0.1) is 0 Å². The third-order valence-corrected chi connectivity index (χ3v) is 3.87. The minimum atomic E-state index is 0.528. The summed E-state index contributed by atoms with van der Waals surface area (Å²) in [6.45, 7) is 10.0. The minimum Gasteiger partial charge on any atom is -0.338 e. The molecule has 1 atom stereocenters. The van der Waals surface area contributed by atoms with E-state index in [1.165, 1.54) is 44.1 Å². The van der Waals surface area contributed by atoms with Gasteiger partial charge in [-0.3, -0.25) is 0 Å². The molecule has 114 valence electrons. The summed E-state index contributed by atoms with van der Waals surface area (Å²) in [6, 6.07) is 0.528. The Hall–Kier alpha value is -1.12. The SMILES string of the molecule is CCCCCC(C)N(CCCC)c1ncc(CC)cn1. The third-order valence-electron chi connectivity index (χ3n) is 3.87. The first-order chi connectivity index (χ1) is 9.72. The lowest BCUT2D eigenvalue weighted by Crippen LogP contribution is -2.35. The van der Waals surface area contributed by atoms with Gasteiger partial charge in [0.25, 0.3) is 0 Å². The number of rotatable bonds is 10. The fourth-order valence-electron chi connectivity index (χ4n) is 2.37. The number of aryl methyl sites for hydroxylation is 1. The lowest BCUT2D eigenvalue weighted by Gasteiger charge is -2.29. The fourth-order valence-corrected chi connectivity index (χ4v) is 2.37. The quantitative estimate of drug-likeness (QED) is 0.585. The van der Waals surface area contributed by atoms with Crippen molar-refractivity contribution in [3.05, 3.63) is 18.0 Å². The van der Waals surface area contributed by atoms with Gasteiger partial charge in [0.1, 0.15) is 0 Å². The van der Waals surface area contributed by atoms with Crippen LogP contribution in [0.5, 0.6) is 0 Å². The van der Waals surface area contributed by atoms with Crippen molar-refractivity contribution in [3.8, 4) is 0 Å². The lowest BCUT2D eigenvalue weighted by molar-refractivity contribution is 0.529. The first-order valence-corrected chi connectivity index (χ1v) is 8.30. The summed E-state index contributed by atoms with van der Waals surface area (Å²) in [6.07, 6.45) is 12.5. The Kier molecular flexibility index (Phi) is 8.24. The molecule has 3 heteroatoms. The number of nitrogens with zero attached hydrogens (tertiary/aromatic N) is 3. The van der Waals surface area contributed by atoms with Gasteiger partial charge in [-0.15, -0.1) is 0 Å². The van der Waals surface area contributed by atoms with E-state index < -0.39 is 0 Å². The average molecular weight is 277 g/mol. The molecule has 1 aromatic rings. The molecule has 0 radical (unpaired) electrons. The maximum Gasteiger partial charge on any atom is 0.225 e. The minimum absolute atomic E-state index is 0.528. The summed E-state index contributed by atoms with van der Waals surface area (Å²) in [4.78, 5) is 11.5. The molecule has 0 fully saturated rings. The second kappa shape index (κ2) is 9.73. The topological polar surface area (TPSA) is 29.0 Å². The Morgan fingerprint density at radius 3 is 2.20 bits per heavy atom. The van der Waals surface area contributed by atoms with E-state index in [9.17, 15) is 0 Å². The zero-order chi connectivity index (χ0) is 14.8. The van der Waals surface area contributed by atoms with Crippen LogP contribution in [-0.2, 0) is 6.42 Å². The van der Waals surface area contributed by atoms with Crippen LogP contribution in [-0.4, -0.2) is 22.6 Å². The molecule has 3 nitrogen and oxygen atoms in total. The van der Waals surface area contributed by atoms with Crippen molar-refractivity contribution < 1.29 is 0 Å². The molecule has 0 bridgehead atoms. The van der Waals surface area contributed by atoms with Crippen LogP contribution in [0.4, 0.5) is 5.95 Å². The van der Waals surface area contributed by atoms with Gasteiger partial charge in [0.15, 0.2) is 0 Å².